The highest BCUT2D eigenvalue weighted by Gasteiger charge is 2.40. The lowest BCUT2D eigenvalue weighted by molar-refractivity contribution is -0.197. The van der Waals surface area contributed by atoms with Crippen LogP contribution in [0.1, 0.15) is 66.7 Å². The van der Waals surface area contributed by atoms with E-state index in [1.54, 1.807) is 0 Å². The van der Waals surface area contributed by atoms with Crippen LogP contribution in [0.5, 0.6) is 0 Å². The Bertz CT molecular complexity index is 350. The van der Waals surface area contributed by atoms with E-state index in [0.717, 1.165) is 12.8 Å². The van der Waals surface area contributed by atoms with E-state index in [9.17, 15) is 4.79 Å². The lowest BCUT2D eigenvalue weighted by atomic mass is 9.75. The number of rotatable bonds is 5. The van der Waals surface area contributed by atoms with Gasteiger partial charge in [-0.3, -0.25) is 4.79 Å². The summed E-state index contributed by atoms with van der Waals surface area (Å²) >= 11 is 0. The fourth-order valence-electron chi connectivity index (χ4n) is 3.97. The first-order valence-corrected chi connectivity index (χ1v) is 8.71. The van der Waals surface area contributed by atoms with E-state index in [4.69, 9.17) is 9.47 Å². The van der Waals surface area contributed by atoms with E-state index >= 15 is 0 Å². The minimum atomic E-state index is -0.309. The van der Waals surface area contributed by atoms with Gasteiger partial charge in [0.15, 0.2) is 0 Å². The lowest BCUT2D eigenvalue weighted by Gasteiger charge is -2.38. The molecular formula is C18H32O3. The van der Waals surface area contributed by atoms with Crippen LogP contribution < -0.4 is 0 Å². The molecule has 122 valence electrons. The van der Waals surface area contributed by atoms with Crippen molar-refractivity contribution in [3.8, 4) is 0 Å². The van der Waals surface area contributed by atoms with Crippen molar-refractivity contribution in [3.63, 3.8) is 0 Å². The minimum absolute atomic E-state index is 0.0874. The number of ether oxygens (including phenoxy) is 2. The van der Waals surface area contributed by atoms with Crippen molar-refractivity contribution in [3.05, 3.63) is 0 Å². The van der Waals surface area contributed by atoms with Gasteiger partial charge in [0.1, 0.15) is 0 Å². The smallest absolute Gasteiger partial charge is 0.308 e. The average Bonchev–Trinajstić information content (AvgIpc) is 2.68. The van der Waals surface area contributed by atoms with E-state index < -0.39 is 0 Å². The van der Waals surface area contributed by atoms with Gasteiger partial charge in [-0.25, -0.2) is 0 Å². The van der Waals surface area contributed by atoms with Crippen molar-refractivity contribution in [1.82, 2.24) is 0 Å². The Labute approximate surface area is 129 Å². The molecule has 3 nitrogen and oxygen atoms in total. The van der Waals surface area contributed by atoms with Crippen LogP contribution in [0.4, 0.5) is 0 Å². The fraction of sp³-hybridized carbons (Fsp3) is 0.944. The number of carbonyl (C=O) groups excluding carboxylic acids is 1. The van der Waals surface area contributed by atoms with Crippen molar-refractivity contribution < 1.29 is 14.3 Å². The van der Waals surface area contributed by atoms with Gasteiger partial charge in [0, 0.05) is 5.92 Å². The molecule has 0 radical (unpaired) electrons. The largest absolute Gasteiger partial charge is 0.435 e. The maximum atomic E-state index is 11.7. The van der Waals surface area contributed by atoms with E-state index in [-0.39, 0.29) is 24.3 Å². The third-order valence-corrected chi connectivity index (χ3v) is 5.11. The lowest BCUT2D eigenvalue weighted by Crippen LogP contribution is -2.38. The molecule has 0 amide bonds. The second-order valence-electron chi connectivity index (χ2n) is 7.95. The molecule has 1 heterocycles. The molecule has 0 aromatic carbocycles. The number of esters is 1. The summed E-state index contributed by atoms with van der Waals surface area (Å²) in [6, 6.07) is 0. The molecule has 2 fully saturated rings. The summed E-state index contributed by atoms with van der Waals surface area (Å²) in [5, 5.41) is 0. The predicted octanol–water partition coefficient (Wildman–Crippen LogP) is 4.40. The molecule has 0 aromatic rings. The molecule has 1 aliphatic heterocycles. The molecular weight excluding hydrogens is 264 g/mol. The molecule has 1 saturated carbocycles. The number of hydrogen-bond acceptors (Lipinski definition) is 3. The Morgan fingerprint density at radius 3 is 2.57 bits per heavy atom. The van der Waals surface area contributed by atoms with Crippen LogP contribution in [0.15, 0.2) is 0 Å². The third kappa shape index (κ3) is 4.45. The molecule has 0 aromatic heterocycles. The summed E-state index contributed by atoms with van der Waals surface area (Å²) in [6.45, 7) is 11.3. The van der Waals surface area contributed by atoms with Crippen molar-refractivity contribution in [1.29, 1.82) is 0 Å². The summed E-state index contributed by atoms with van der Waals surface area (Å²) in [5.41, 5.74) is 0. The van der Waals surface area contributed by atoms with Crippen LogP contribution in [-0.2, 0) is 14.3 Å². The Morgan fingerprint density at radius 2 is 1.95 bits per heavy atom. The predicted molar refractivity (Wildman–Crippen MR) is 83.7 cm³/mol. The van der Waals surface area contributed by atoms with Crippen molar-refractivity contribution >= 4 is 5.97 Å². The average molecular weight is 296 g/mol. The normalized spacial score (nSPS) is 37.3. The summed E-state index contributed by atoms with van der Waals surface area (Å²) in [4.78, 5) is 11.7. The van der Waals surface area contributed by atoms with E-state index in [2.05, 4.69) is 34.6 Å². The second kappa shape index (κ2) is 7.13. The molecule has 2 aliphatic rings. The quantitative estimate of drug-likeness (QED) is 0.705. The van der Waals surface area contributed by atoms with Gasteiger partial charge in [0.2, 0.25) is 6.29 Å². The molecule has 0 N–H and O–H groups in total. The second-order valence-corrected chi connectivity index (χ2v) is 7.95. The zero-order valence-electron chi connectivity index (χ0n) is 14.3. The molecule has 0 spiro atoms. The number of cyclic esters (lactones) is 1. The summed E-state index contributed by atoms with van der Waals surface area (Å²) in [6.07, 6.45) is 5.10. The standard InChI is InChI=1S/C18H32O3/c1-11(2)8-14-10-17(19)21-18(14)20-16-9-13(5)6-7-15(16)12(3)4/h11-16,18H,6-10H2,1-5H3/t13-,14-,15+,16-,18-/m1/s1. The molecule has 2 rings (SSSR count). The van der Waals surface area contributed by atoms with Crippen LogP contribution in [0, 0.1) is 29.6 Å². The van der Waals surface area contributed by atoms with Gasteiger partial charge < -0.3 is 9.47 Å². The van der Waals surface area contributed by atoms with Crippen molar-refractivity contribution in [2.24, 2.45) is 29.6 Å². The van der Waals surface area contributed by atoms with Crippen LogP contribution in [0.2, 0.25) is 0 Å². The highest BCUT2D eigenvalue weighted by molar-refractivity contribution is 5.71. The van der Waals surface area contributed by atoms with Crippen molar-refractivity contribution in [2.75, 3.05) is 0 Å². The zero-order chi connectivity index (χ0) is 15.6. The Hall–Kier alpha value is -0.570. The van der Waals surface area contributed by atoms with Gasteiger partial charge in [-0.15, -0.1) is 0 Å². The van der Waals surface area contributed by atoms with Crippen LogP contribution >= 0.6 is 0 Å². The first-order chi connectivity index (χ1) is 9.86. The van der Waals surface area contributed by atoms with E-state index in [0.29, 0.717) is 30.1 Å². The first kappa shape index (κ1) is 16.8. The summed E-state index contributed by atoms with van der Waals surface area (Å²) in [7, 11) is 0. The Kier molecular flexibility index (Phi) is 5.70. The molecule has 5 atom stereocenters. The molecule has 1 aliphatic carbocycles. The molecule has 0 unspecified atom stereocenters. The van der Waals surface area contributed by atoms with Crippen molar-refractivity contribution in [2.45, 2.75) is 79.1 Å². The van der Waals surface area contributed by atoms with Gasteiger partial charge >= 0.3 is 5.97 Å². The summed E-state index contributed by atoms with van der Waals surface area (Å²) < 4.78 is 11.8. The zero-order valence-corrected chi connectivity index (χ0v) is 14.3. The van der Waals surface area contributed by atoms with Gasteiger partial charge in [-0.05, 0) is 42.9 Å². The molecule has 1 saturated heterocycles. The van der Waals surface area contributed by atoms with Gasteiger partial charge in [0.05, 0.1) is 12.5 Å². The van der Waals surface area contributed by atoms with Gasteiger partial charge in [-0.2, -0.15) is 0 Å². The number of hydrogen-bond donors (Lipinski definition) is 0. The van der Waals surface area contributed by atoms with Gasteiger partial charge in [-0.1, -0.05) is 41.0 Å². The SMILES string of the molecule is CC(C)C[C@@H]1CC(=O)O[C@H]1O[C@@H]1C[C@H](C)CC[C@H]1C(C)C. The highest BCUT2D eigenvalue weighted by Crippen LogP contribution is 2.38. The van der Waals surface area contributed by atoms with E-state index in [1.165, 1.54) is 12.8 Å². The Morgan fingerprint density at radius 1 is 1.24 bits per heavy atom. The number of carbonyl (C=O) groups is 1. The van der Waals surface area contributed by atoms with Gasteiger partial charge in [0.25, 0.3) is 0 Å². The van der Waals surface area contributed by atoms with Crippen LogP contribution in [0.25, 0.3) is 0 Å². The first-order valence-electron chi connectivity index (χ1n) is 8.71. The molecule has 3 heteroatoms. The van der Waals surface area contributed by atoms with E-state index in [1.807, 2.05) is 0 Å². The maximum Gasteiger partial charge on any atom is 0.308 e. The molecule has 0 bridgehead atoms. The highest BCUT2D eigenvalue weighted by atomic mass is 16.7. The van der Waals surface area contributed by atoms with Crippen LogP contribution in [0.3, 0.4) is 0 Å². The summed E-state index contributed by atoms with van der Waals surface area (Å²) in [5.74, 6) is 2.66. The third-order valence-electron chi connectivity index (χ3n) is 5.11. The Balaban J connectivity index is 2.01. The minimum Gasteiger partial charge on any atom is -0.435 e. The monoisotopic (exact) mass is 296 g/mol. The molecule has 21 heavy (non-hydrogen) atoms. The van der Waals surface area contributed by atoms with Crippen LogP contribution in [-0.4, -0.2) is 18.4 Å². The maximum absolute atomic E-state index is 11.7. The topological polar surface area (TPSA) is 35.5 Å². The fourth-order valence-corrected chi connectivity index (χ4v) is 3.97.